The van der Waals surface area contributed by atoms with Crippen LogP contribution in [0.3, 0.4) is 0 Å². The van der Waals surface area contributed by atoms with Crippen molar-refractivity contribution >= 4 is 11.8 Å². The SMILES string of the molecule is CCOc1ccc(CCC(=O)N(Cc2ccc(F)cc2)[C@@H](Cc2ccccc2)C(=O)NC(C)(C)C)cc1OCC. The molecule has 0 heterocycles. The number of hydrogen-bond donors (Lipinski definition) is 1. The third-order valence-corrected chi connectivity index (χ3v) is 6.27. The number of nitrogens with zero attached hydrogens (tertiary/aromatic N) is 1. The lowest BCUT2D eigenvalue weighted by Gasteiger charge is -2.34. The Hall–Kier alpha value is -3.87. The first-order valence-corrected chi connectivity index (χ1v) is 13.9. The largest absolute Gasteiger partial charge is 0.490 e. The number of halogens is 1. The highest BCUT2D eigenvalue weighted by atomic mass is 19.1. The van der Waals surface area contributed by atoms with Crippen LogP contribution < -0.4 is 14.8 Å². The number of carbonyl (C=O) groups is 2. The third kappa shape index (κ3) is 9.40. The summed E-state index contributed by atoms with van der Waals surface area (Å²) in [6.07, 6.45) is 1.01. The lowest BCUT2D eigenvalue weighted by atomic mass is 9.99. The number of nitrogens with one attached hydrogen (secondary N) is 1. The van der Waals surface area contributed by atoms with Gasteiger partial charge in [-0.3, -0.25) is 9.59 Å². The molecule has 2 amide bonds. The number of benzene rings is 3. The van der Waals surface area contributed by atoms with Crippen molar-refractivity contribution in [2.24, 2.45) is 0 Å². The van der Waals surface area contributed by atoms with Crippen LogP contribution in [0.1, 0.15) is 57.7 Å². The van der Waals surface area contributed by atoms with Gasteiger partial charge >= 0.3 is 0 Å². The van der Waals surface area contributed by atoms with E-state index in [1.54, 1.807) is 17.0 Å². The maximum Gasteiger partial charge on any atom is 0.243 e. The summed E-state index contributed by atoms with van der Waals surface area (Å²) in [6.45, 7) is 10.8. The molecule has 40 heavy (non-hydrogen) atoms. The first-order valence-electron chi connectivity index (χ1n) is 13.9. The van der Waals surface area contributed by atoms with E-state index in [2.05, 4.69) is 5.32 Å². The quantitative estimate of drug-likeness (QED) is 0.280. The van der Waals surface area contributed by atoms with E-state index >= 15 is 0 Å². The van der Waals surface area contributed by atoms with Crippen molar-refractivity contribution in [1.82, 2.24) is 10.2 Å². The molecule has 3 aromatic rings. The predicted octanol–water partition coefficient (Wildman–Crippen LogP) is 6.11. The van der Waals surface area contributed by atoms with Crippen LogP contribution in [0.15, 0.2) is 72.8 Å². The van der Waals surface area contributed by atoms with Crippen LogP contribution in [0.2, 0.25) is 0 Å². The average Bonchev–Trinajstić information content (AvgIpc) is 2.91. The average molecular weight is 549 g/mol. The minimum atomic E-state index is -0.751. The smallest absolute Gasteiger partial charge is 0.243 e. The molecule has 0 radical (unpaired) electrons. The Morgan fingerprint density at radius 3 is 2.10 bits per heavy atom. The summed E-state index contributed by atoms with van der Waals surface area (Å²) in [4.78, 5) is 29.2. The molecule has 1 N–H and O–H groups in total. The normalized spacial score (nSPS) is 11.9. The summed E-state index contributed by atoms with van der Waals surface area (Å²) in [5, 5.41) is 3.06. The van der Waals surface area contributed by atoms with E-state index in [0.29, 0.717) is 37.6 Å². The van der Waals surface area contributed by atoms with Crippen molar-refractivity contribution in [3.63, 3.8) is 0 Å². The molecule has 7 heteroatoms. The molecule has 0 aliphatic rings. The fraction of sp³-hybridized carbons (Fsp3) is 0.394. The zero-order valence-corrected chi connectivity index (χ0v) is 24.2. The monoisotopic (exact) mass is 548 g/mol. The Kier molecular flexibility index (Phi) is 11.1. The highest BCUT2D eigenvalue weighted by Crippen LogP contribution is 2.29. The van der Waals surface area contributed by atoms with Gasteiger partial charge in [-0.25, -0.2) is 4.39 Å². The van der Waals surface area contributed by atoms with Gasteiger partial charge in [-0.05, 0) is 82.0 Å². The number of ether oxygens (including phenoxy) is 2. The van der Waals surface area contributed by atoms with Crippen molar-refractivity contribution < 1.29 is 23.5 Å². The van der Waals surface area contributed by atoms with Gasteiger partial charge in [0, 0.05) is 24.9 Å². The Bertz CT molecular complexity index is 1240. The van der Waals surface area contributed by atoms with Gasteiger partial charge in [-0.15, -0.1) is 0 Å². The Morgan fingerprint density at radius 2 is 1.48 bits per heavy atom. The molecule has 0 saturated heterocycles. The van der Waals surface area contributed by atoms with Crippen LogP contribution in [-0.2, 0) is 29.0 Å². The van der Waals surface area contributed by atoms with Crippen LogP contribution in [-0.4, -0.2) is 41.5 Å². The summed E-state index contributed by atoms with van der Waals surface area (Å²) < 4.78 is 25.1. The molecule has 0 bridgehead atoms. The Morgan fingerprint density at radius 1 is 0.850 bits per heavy atom. The van der Waals surface area contributed by atoms with Crippen molar-refractivity contribution in [2.75, 3.05) is 13.2 Å². The second kappa shape index (κ2) is 14.5. The van der Waals surface area contributed by atoms with Gasteiger partial charge in [0.05, 0.1) is 13.2 Å². The Balaban J connectivity index is 1.91. The third-order valence-electron chi connectivity index (χ3n) is 6.27. The molecule has 0 aromatic heterocycles. The molecule has 3 rings (SSSR count). The number of aryl methyl sites for hydroxylation is 1. The summed E-state index contributed by atoms with van der Waals surface area (Å²) in [5.41, 5.74) is 2.15. The van der Waals surface area contributed by atoms with Gasteiger partial charge < -0.3 is 19.7 Å². The minimum Gasteiger partial charge on any atom is -0.490 e. The summed E-state index contributed by atoms with van der Waals surface area (Å²) in [5.74, 6) is 0.560. The standard InChI is InChI=1S/C33H41FN2O4/c1-6-39-29-19-15-25(22-30(29)40-7-2)16-20-31(37)36(23-26-13-17-27(34)18-14-26)28(32(38)35-33(3,4)5)21-24-11-9-8-10-12-24/h8-15,17-19,22,28H,6-7,16,20-21,23H2,1-5H3,(H,35,38)/t28-/m0/s1. The molecule has 214 valence electrons. The van der Waals surface area contributed by atoms with Crippen LogP contribution in [0.25, 0.3) is 0 Å². The van der Waals surface area contributed by atoms with Crippen LogP contribution in [0.4, 0.5) is 4.39 Å². The lowest BCUT2D eigenvalue weighted by Crippen LogP contribution is -2.54. The van der Waals surface area contributed by atoms with E-state index in [-0.39, 0.29) is 30.6 Å². The second-order valence-corrected chi connectivity index (χ2v) is 10.7. The van der Waals surface area contributed by atoms with Gasteiger partial charge in [0.2, 0.25) is 11.8 Å². The van der Waals surface area contributed by atoms with Gasteiger partial charge in [0.25, 0.3) is 0 Å². The molecule has 0 aliphatic heterocycles. The van der Waals surface area contributed by atoms with E-state index in [4.69, 9.17) is 9.47 Å². The molecule has 6 nitrogen and oxygen atoms in total. The zero-order chi connectivity index (χ0) is 29.1. The summed E-state index contributed by atoms with van der Waals surface area (Å²) in [7, 11) is 0. The van der Waals surface area contributed by atoms with E-state index in [1.807, 2.05) is 83.1 Å². The number of rotatable bonds is 13. The molecule has 0 fully saturated rings. The van der Waals surface area contributed by atoms with Crippen LogP contribution >= 0.6 is 0 Å². The van der Waals surface area contributed by atoms with Crippen molar-refractivity contribution in [2.45, 2.75) is 72.0 Å². The van der Waals surface area contributed by atoms with E-state index in [0.717, 1.165) is 16.7 Å². The molecule has 0 aliphatic carbocycles. The van der Waals surface area contributed by atoms with Gasteiger partial charge in [-0.2, -0.15) is 0 Å². The first-order chi connectivity index (χ1) is 19.1. The highest BCUT2D eigenvalue weighted by Gasteiger charge is 2.32. The first kappa shape index (κ1) is 30.7. The van der Waals surface area contributed by atoms with Crippen molar-refractivity contribution in [3.05, 3.63) is 95.3 Å². The fourth-order valence-electron chi connectivity index (χ4n) is 4.44. The molecule has 0 saturated carbocycles. The zero-order valence-electron chi connectivity index (χ0n) is 24.2. The Labute approximate surface area is 237 Å². The molecular formula is C33H41FN2O4. The van der Waals surface area contributed by atoms with Crippen molar-refractivity contribution in [1.29, 1.82) is 0 Å². The van der Waals surface area contributed by atoms with Gasteiger partial charge in [0.1, 0.15) is 11.9 Å². The van der Waals surface area contributed by atoms with Crippen molar-refractivity contribution in [3.8, 4) is 11.5 Å². The predicted molar refractivity (Wildman–Crippen MR) is 156 cm³/mol. The summed E-state index contributed by atoms with van der Waals surface area (Å²) in [6, 6.07) is 20.6. The second-order valence-electron chi connectivity index (χ2n) is 10.7. The van der Waals surface area contributed by atoms with Crippen LogP contribution in [0, 0.1) is 5.82 Å². The summed E-state index contributed by atoms with van der Waals surface area (Å²) >= 11 is 0. The van der Waals surface area contributed by atoms with E-state index in [9.17, 15) is 14.0 Å². The maximum atomic E-state index is 13.9. The minimum absolute atomic E-state index is 0.166. The number of hydrogen-bond acceptors (Lipinski definition) is 4. The lowest BCUT2D eigenvalue weighted by molar-refractivity contribution is -0.141. The fourth-order valence-corrected chi connectivity index (χ4v) is 4.44. The number of carbonyl (C=O) groups excluding carboxylic acids is 2. The highest BCUT2D eigenvalue weighted by molar-refractivity contribution is 5.88. The molecule has 3 aromatic carbocycles. The molecular weight excluding hydrogens is 507 g/mol. The van der Waals surface area contributed by atoms with Gasteiger partial charge in [0.15, 0.2) is 11.5 Å². The van der Waals surface area contributed by atoms with Gasteiger partial charge in [-0.1, -0.05) is 48.5 Å². The van der Waals surface area contributed by atoms with Crippen LogP contribution in [0.5, 0.6) is 11.5 Å². The topological polar surface area (TPSA) is 67.9 Å². The van der Waals surface area contributed by atoms with E-state index in [1.165, 1.54) is 12.1 Å². The van der Waals surface area contributed by atoms with E-state index < -0.39 is 11.6 Å². The number of amides is 2. The maximum absolute atomic E-state index is 13.9. The molecule has 1 atom stereocenters. The molecule has 0 spiro atoms. The molecule has 0 unspecified atom stereocenters.